The molecule has 0 bridgehead atoms. The number of hydrogen-bond donors (Lipinski definition) is 3. The van der Waals surface area contributed by atoms with E-state index in [1.807, 2.05) is 36.4 Å². The molecule has 1 unspecified atom stereocenters. The zero-order valence-electron chi connectivity index (χ0n) is 18.8. The van der Waals surface area contributed by atoms with Gasteiger partial charge in [-0.2, -0.15) is 0 Å². The number of carbonyl (C=O) groups is 2. The summed E-state index contributed by atoms with van der Waals surface area (Å²) < 4.78 is 5.66. The Labute approximate surface area is 196 Å². The minimum atomic E-state index is -1.19. The first-order valence-electron chi connectivity index (χ1n) is 11.7. The van der Waals surface area contributed by atoms with Crippen LogP contribution in [0.2, 0.25) is 0 Å². The monoisotopic (exact) mass is 461 g/mol. The second-order valence-corrected chi connectivity index (χ2v) is 8.83. The molecule has 34 heavy (non-hydrogen) atoms. The maximum atomic E-state index is 12.9. The van der Waals surface area contributed by atoms with Crippen molar-refractivity contribution in [2.24, 2.45) is 0 Å². The highest BCUT2D eigenvalue weighted by molar-refractivity contribution is 6.00. The van der Waals surface area contributed by atoms with Crippen molar-refractivity contribution in [2.75, 3.05) is 24.6 Å². The Bertz CT molecular complexity index is 1300. The summed E-state index contributed by atoms with van der Waals surface area (Å²) in [5, 5.41) is 15.5. The molecule has 0 saturated heterocycles. The van der Waals surface area contributed by atoms with Crippen LogP contribution in [-0.2, 0) is 24.2 Å². The predicted molar refractivity (Wildman–Crippen MR) is 128 cm³/mol. The van der Waals surface area contributed by atoms with Gasteiger partial charge in [-0.05, 0) is 48.9 Å². The molecule has 176 valence electrons. The van der Waals surface area contributed by atoms with Crippen LogP contribution in [0.1, 0.15) is 39.9 Å². The molecule has 0 spiro atoms. The standard InChI is InChI=1S/C26H27N3O5/c30-15-21(25(32)27-14-16-6-2-1-3-7-16)28-24(31)20-13-18-12-17-8-4-10-29-11-5-9-19(22(17)29)23(18)34-26(20)33/h1-3,6-7,12-13,21,30H,4-5,8-11,14-15H2,(H,27,32)(H,28,31). The van der Waals surface area contributed by atoms with Gasteiger partial charge in [-0.1, -0.05) is 30.3 Å². The van der Waals surface area contributed by atoms with Crippen molar-refractivity contribution in [3.63, 3.8) is 0 Å². The molecule has 3 aromatic rings. The fraction of sp³-hybridized carbons (Fsp3) is 0.346. The second-order valence-electron chi connectivity index (χ2n) is 8.83. The number of fused-ring (bicyclic) bond motifs is 2. The number of aryl methyl sites for hydroxylation is 2. The Morgan fingerprint density at radius 1 is 1.09 bits per heavy atom. The van der Waals surface area contributed by atoms with E-state index in [9.17, 15) is 19.5 Å². The van der Waals surface area contributed by atoms with E-state index in [0.29, 0.717) is 11.0 Å². The molecule has 0 saturated carbocycles. The lowest BCUT2D eigenvalue weighted by Crippen LogP contribution is -2.49. The van der Waals surface area contributed by atoms with E-state index in [2.05, 4.69) is 15.5 Å². The number of nitrogens with one attached hydrogen (secondary N) is 2. The highest BCUT2D eigenvalue weighted by Crippen LogP contribution is 2.39. The van der Waals surface area contributed by atoms with Crippen LogP contribution in [0.25, 0.3) is 11.0 Å². The molecule has 1 atom stereocenters. The summed E-state index contributed by atoms with van der Waals surface area (Å²) in [7, 11) is 0. The van der Waals surface area contributed by atoms with Crippen LogP contribution in [0, 0.1) is 0 Å². The predicted octanol–water partition coefficient (Wildman–Crippen LogP) is 1.90. The highest BCUT2D eigenvalue weighted by Gasteiger charge is 2.28. The van der Waals surface area contributed by atoms with E-state index in [-0.39, 0.29) is 12.1 Å². The zero-order chi connectivity index (χ0) is 23.7. The summed E-state index contributed by atoms with van der Waals surface area (Å²) in [6.45, 7) is 1.67. The topological polar surface area (TPSA) is 112 Å². The highest BCUT2D eigenvalue weighted by atomic mass is 16.4. The van der Waals surface area contributed by atoms with Gasteiger partial charge in [0.25, 0.3) is 5.91 Å². The van der Waals surface area contributed by atoms with Crippen molar-refractivity contribution in [2.45, 2.75) is 38.3 Å². The first kappa shape index (κ1) is 22.2. The summed E-state index contributed by atoms with van der Waals surface area (Å²) in [6, 6.07) is 11.7. The number of rotatable bonds is 6. The molecule has 1 aromatic heterocycles. The van der Waals surface area contributed by atoms with Gasteiger partial charge in [-0.3, -0.25) is 9.59 Å². The molecule has 0 fully saturated rings. The Morgan fingerprint density at radius 3 is 2.62 bits per heavy atom. The lowest BCUT2D eigenvalue weighted by atomic mass is 9.90. The third-order valence-electron chi connectivity index (χ3n) is 6.57. The molecule has 2 aromatic carbocycles. The molecular formula is C26H27N3O5. The van der Waals surface area contributed by atoms with Crippen LogP contribution < -0.4 is 21.2 Å². The van der Waals surface area contributed by atoms with Gasteiger partial charge in [-0.15, -0.1) is 0 Å². The quantitative estimate of drug-likeness (QED) is 0.484. The summed E-state index contributed by atoms with van der Waals surface area (Å²) >= 11 is 0. The minimum Gasteiger partial charge on any atom is -0.422 e. The Kier molecular flexibility index (Phi) is 6.06. The first-order valence-corrected chi connectivity index (χ1v) is 11.7. The number of benzene rings is 2. The number of anilines is 1. The SMILES string of the molecule is O=C(NC(CO)C(=O)NCc1ccccc1)c1cc2cc3c4c(c2oc1=O)CCCN4CCC3. The molecule has 0 radical (unpaired) electrons. The van der Waals surface area contributed by atoms with Crippen LogP contribution in [-0.4, -0.2) is 42.7 Å². The lowest BCUT2D eigenvalue weighted by molar-refractivity contribution is -0.124. The van der Waals surface area contributed by atoms with Gasteiger partial charge >= 0.3 is 5.63 Å². The normalized spacial score (nSPS) is 15.5. The van der Waals surface area contributed by atoms with Gasteiger partial charge in [0.1, 0.15) is 17.2 Å². The van der Waals surface area contributed by atoms with E-state index in [4.69, 9.17) is 4.42 Å². The molecule has 3 heterocycles. The van der Waals surface area contributed by atoms with Gasteiger partial charge in [0, 0.05) is 36.3 Å². The number of nitrogens with zero attached hydrogens (tertiary/aromatic N) is 1. The smallest absolute Gasteiger partial charge is 0.349 e. The third kappa shape index (κ3) is 4.17. The molecule has 2 aliphatic rings. The Balaban J connectivity index is 1.38. The molecule has 8 heteroatoms. The van der Waals surface area contributed by atoms with Crippen LogP contribution in [0.3, 0.4) is 0 Å². The van der Waals surface area contributed by atoms with E-state index in [1.54, 1.807) is 0 Å². The molecule has 2 amide bonds. The lowest BCUT2D eigenvalue weighted by Gasteiger charge is -2.37. The number of hydrogen-bond acceptors (Lipinski definition) is 6. The van der Waals surface area contributed by atoms with E-state index in [1.165, 1.54) is 17.3 Å². The van der Waals surface area contributed by atoms with Gasteiger partial charge in [0.05, 0.1) is 6.61 Å². The molecule has 2 aliphatic heterocycles. The van der Waals surface area contributed by atoms with Crippen LogP contribution >= 0.6 is 0 Å². The van der Waals surface area contributed by atoms with Gasteiger partial charge in [0.15, 0.2) is 0 Å². The average molecular weight is 462 g/mol. The molecule has 5 rings (SSSR count). The van der Waals surface area contributed by atoms with Crippen LogP contribution in [0.15, 0.2) is 51.7 Å². The Hall–Kier alpha value is -3.65. The number of amides is 2. The van der Waals surface area contributed by atoms with Crippen molar-refractivity contribution >= 4 is 28.5 Å². The number of aliphatic hydroxyl groups excluding tert-OH is 1. The minimum absolute atomic E-state index is 0.183. The van der Waals surface area contributed by atoms with Gasteiger partial charge < -0.3 is 25.1 Å². The van der Waals surface area contributed by atoms with Crippen molar-refractivity contribution in [1.82, 2.24) is 10.6 Å². The molecule has 8 nitrogen and oxygen atoms in total. The maximum Gasteiger partial charge on any atom is 0.349 e. The molecule has 3 N–H and O–H groups in total. The molecule has 0 aliphatic carbocycles. The summed E-state index contributed by atoms with van der Waals surface area (Å²) in [6.07, 6.45) is 3.84. The van der Waals surface area contributed by atoms with Gasteiger partial charge in [0.2, 0.25) is 5.91 Å². The van der Waals surface area contributed by atoms with E-state index >= 15 is 0 Å². The van der Waals surface area contributed by atoms with Crippen molar-refractivity contribution in [1.29, 1.82) is 0 Å². The fourth-order valence-electron chi connectivity index (χ4n) is 4.94. The Morgan fingerprint density at radius 2 is 1.85 bits per heavy atom. The summed E-state index contributed by atoms with van der Waals surface area (Å²) in [5.41, 5.74) is 3.91. The maximum absolute atomic E-state index is 12.9. The van der Waals surface area contributed by atoms with Crippen LogP contribution in [0.4, 0.5) is 5.69 Å². The van der Waals surface area contributed by atoms with Crippen molar-refractivity contribution in [3.05, 3.63) is 75.1 Å². The van der Waals surface area contributed by atoms with E-state index < -0.39 is 30.1 Å². The van der Waals surface area contributed by atoms with Gasteiger partial charge in [-0.25, -0.2) is 4.79 Å². The fourth-order valence-corrected chi connectivity index (χ4v) is 4.94. The second kappa shape index (κ2) is 9.30. The summed E-state index contributed by atoms with van der Waals surface area (Å²) in [5.74, 6) is -1.29. The average Bonchev–Trinajstić information content (AvgIpc) is 2.86. The van der Waals surface area contributed by atoms with Crippen molar-refractivity contribution in [3.8, 4) is 0 Å². The summed E-state index contributed by atoms with van der Waals surface area (Å²) in [4.78, 5) is 40.5. The number of carbonyl (C=O) groups excluding carboxylic acids is 2. The first-order chi connectivity index (χ1) is 16.5. The molecular weight excluding hydrogens is 434 g/mol. The largest absolute Gasteiger partial charge is 0.422 e. The van der Waals surface area contributed by atoms with Crippen LogP contribution in [0.5, 0.6) is 0 Å². The number of aliphatic hydroxyl groups is 1. The third-order valence-corrected chi connectivity index (χ3v) is 6.57. The van der Waals surface area contributed by atoms with Crippen molar-refractivity contribution < 1.29 is 19.1 Å². The zero-order valence-corrected chi connectivity index (χ0v) is 18.8. The van der Waals surface area contributed by atoms with E-state index in [0.717, 1.165) is 49.9 Å².